The largest absolute Gasteiger partial charge is 0.480 e. The lowest BCUT2D eigenvalue weighted by molar-refractivity contribution is -0.147. The minimum atomic E-state index is -4.90. The second-order valence-corrected chi connectivity index (χ2v) is 9.00. The summed E-state index contributed by atoms with van der Waals surface area (Å²) < 4.78 is 35.2. The van der Waals surface area contributed by atoms with Crippen LogP contribution in [0.2, 0.25) is 0 Å². The third kappa shape index (κ3) is 16.2. The molecule has 1 amide bonds. The van der Waals surface area contributed by atoms with E-state index in [2.05, 4.69) is 17.0 Å². The van der Waals surface area contributed by atoms with E-state index in [1.54, 1.807) is 0 Å². The molecule has 0 heterocycles. The molecule has 0 spiro atoms. The van der Waals surface area contributed by atoms with Gasteiger partial charge in [-0.1, -0.05) is 71.1 Å². The monoisotopic (exact) mass is 451 g/mol. The molecule has 3 N–H and O–H groups in total. The molecule has 0 aliphatic heterocycles. The summed E-state index contributed by atoms with van der Waals surface area (Å²) in [5.41, 5.74) is 0. The lowest BCUT2D eigenvalue weighted by Gasteiger charge is -2.10. The van der Waals surface area contributed by atoms with Crippen molar-refractivity contribution in [1.29, 1.82) is 0 Å². The van der Waals surface area contributed by atoms with Gasteiger partial charge in [0, 0.05) is 6.42 Å². The van der Waals surface area contributed by atoms with Gasteiger partial charge in [0.1, 0.15) is 6.61 Å². The van der Waals surface area contributed by atoms with Crippen LogP contribution in [0.1, 0.15) is 90.4 Å². The maximum absolute atomic E-state index is 11.7. The lowest BCUT2D eigenvalue weighted by Crippen LogP contribution is -2.33. The first-order valence-electron chi connectivity index (χ1n) is 10.8. The number of ether oxygens (including phenoxy) is 1. The number of hydrogen-bond donors (Lipinski definition) is 3. The predicted molar refractivity (Wildman–Crippen MR) is 113 cm³/mol. The van der Waals surface area contributed by atoms with E-state index in [0.29, 0.717) is 6.42 Å². The molecule has 10 heteroatoms. The van der Waals surface area contributed by atoms with Crippen molar-refractivity contribution in [3.8, 4) is 0 Å². The number of esters is 1. The van der Waals surface area contributed by atoms with E-state index in [1.807, 2.05) is 0 Å². The zero-order valence-electron chi connectivity index (χ0n) is 17.9. The van der Waals surface area contributed by atoms with Crippen LogP contribution in [0, 0.1) is 0 Å². The minimum Gasteiger partial charge on any atom is -0.480 e. The molecule has 0 aliphatic rings. The number of carboxylic acids is 1. The highest BCUT2D eigenvalue weighted by Crippen LogP contribution is 2.12. The first kappa shape index (κ1) is 28.3. The maximum atomic E-state index is 11.7. The third-order valence-electron chi connectivity index (χ3n) is 4.68. The van der Waals surface area contributed by atoms with Crippen molar-refractivity contribution < 1.29 is 37.2 Å². The Morgan fingerprint density at radius 2 is 1.40 bits per heavy atom. The summed E-state index contributed by atoms with van der Waals surface area (Å²) in [6.45, 7) is 2.05. The van der Waals surface area contributed by atoms with Crippen LogP contribution in [0.4, 0.5) is 0 Å². The zero-order chi connectivity index (χ0) is 22.8. The molecule has 0 aliphatic carbocycles. The number of carbonyl (C=O) groups excluding carboxylic acids is 2. The molecule has 0 fully saturated rings. The molecule has 0 saturated carbocycles. The van der Waals surface area contributed by atoms with Gasteiger partial charge in [-0.2, -0.15) is 8.42 Å². The van der Waals surface area contributed by atoms with Crippen molar-refractivity contribution in [3.05, 3.63) is 0 Å². The Morgan fingerprint density at radius 1 is 0.900 bits per heavy atom. The van der Waals surface area contributed by atoms with Gasteiger partial charge in [0.25, 0.3) is 10.1 Å². The summed E-state index contributed by atoms with van der Waals surface area (Å²) >= 11 is 0. The van der Waals surface area contributed by atoms with Gasteiger partial charge in [-0.15, -0.1) is 0 Å². The number of carbonyl (C=O) groups is 3. The van der Waals surface area contributed by atoms with Gasteiger partial charge in [0.15, 0.2) is 5.25 Å². The fourth-order valence-corrected chi connectivity index (χ4v) is 3.53. The highest BCUT2D eigenvalue weighted by atomic mass is 32.2. The average molecular weight is 452 g/mol. The number of rotatable bonds is 19. The summed E-state index contributed by atoms with van der Waals surface area (Å²) in [7, 11) is -4.90. The van der Waals surface area contributed by atoms with Crippen molar-refractivity contribution in [1.82, 2.24) is 5.32 Å². The van der Waals surface area contributed by atoms with Crippen molar-refractivity contribution in [2.24, 2.45) is 0 Å². The number of amides is 1. The Labute approximate surface area is 179 Å². The van der Waals surface area contributed by atoms with Gasteiger partial charge < -0.3 is 15.2 Å². The minimum absolute atomic E-state index is 0.0478. The molecule has 0 aromatic rings. The van der Waals surface area contributed by atoms with E-state index in [0.717, 1.165) is 19.3 Å². The smallest absolute Gasteiger partial charge is 0.325 e. The maximum Gasteiger partial charge on any atom is 0.325 e. The molecule has 0 aromatic carbocycles. The van der Waals surface area contributed by atoms with Crippen LogP contribution in [0.3, 0.4) is 0 Å². The standard InChI is InChI=1S/C20H37NO8S/c1-2-3-4-5-6-7-8-9-10-11-12-13-18(22)21-14-15-29-19(23)16-17(20(24)25)30(26,27)28/h17H,2-16H2,1H3,(H,21,22)(H,24,25)(H,26,27,28). The lowest BCUT2D eigenvalue weighted by atomic mass is 10.1. The molecule has 0 saturated heterocycles. The Kier molecular flexibility index (Phi) is 16.1. The van der Waals surface area contributed by atoms with Crippen LogP contribution in [-0.4, -0.2) is 54.3 Å². The van der Waals surface area contributed by atoms with Crippen LogP contribution < -0.4 is 5.32 Å². The van der Waals surface area contributed by atoms with Gasteiger partial charge in [0.2, 0.25) is 5.91 Å². The average Bonchev–Trinajstić information content (AvgIpc) is 2.66. The molecule has 9 nitrogen and oxygen atoms in total. The molecule has 176 valence electrons. The first-order chi connectivity index (χ1) is 14.2. The molecular weight excluding hydrogens is 414 g/mol. The molecule has 0 aromatic heterocycles. The van der Waals surface area contributed by atoms with Crippen LogP contribution in [0.25, 0.3) is 0 Å². The van der Waals surface area contributed by atoms with Crippen LogP contribution >= 0.6 is 0 Å². The summed E-state index contributed by atoms with van der Waals surface area (Å²) in [4.78, 5) is 33.9. The van der Waals surface area contributed by atoms with Gasteiger partial charge in [0.05, 0.1) is 13.0 Å². The molecule has 0 bridgehead atoms. The Hall–Kier alpha value is -1.68. The SMILES string of the molecule is CCCCCCCCCCCCCC(=O)NCCOC(=O)CC(C(=O)O)S(=O)(=O)O. The van der Waals surface area contributed by atoms with Gasteiger partial charge in [-0.3, -0.25) is 18.9 Å². The molecule has 1 unspecified atom stereocenters. The summed E-state index contributed by atoms with van der Waals surface area (Å²) in [5, 5.41) is 9.02. The quantitative estimate of drug-likeness (QED) is 0.154. The normalized spacial score (nSPS) is 12.3. The fraction of sp³-hybridized carbons (Fsp3) is 0.850. The summed E-state index contributed by atoms with van der Waals surface area (Å²) in [6.07, 6.45) is 12.5. The fourth-order valence-electron chi connectivity index (χ4n) is 2.92. The van der Waals surface area contributed by atoms with Crippen LogP contribution in [-0.2, 0) is 29.2 Å². The first-order valence-corrected chi connectivity index (χ1v) is 12.3. The number of unbranched alkanes of at least 4 members (excludes halogenated alkanes) is 10. The highest BCUT2D eigenvalue weighted by molar-refractivity contribution is 7.87. The Bertz CT molecular complexity index is 606. The van der Waals surface area contributed by atoms with Crippen molar-refractivity contribution in [2.75, 3.05) is 13.2 Å². The Morgan fingerprint density at radius 3 is 1.87 bits per heavy atom. The van der Waals surface area contributed by atoms with Crippen molar-refractivity contribution >= 4 is 28.0 Å². The van der Waals surface area contributed by atoms with Gasteiger partial charge in [-0.25, -0.2) is 0 Å². The number of nitrogens with one attached hydrogen (secondary N) is 1. The third-order valence-corrected chi connectivity index (χ3v) is 5.77. The van der Waals surface area contributed by atoms with Crippen molar-refractivity contribution in [3.63, 3.8) is 0 Å². The number of hydrogen-bond acceptors (Lipinski definition) is 6. The van der Waals surface area contributed by atoms with E-state index >= 15 is 0 Å². The summed E-state index contributed by atoms with van der Waals surface area (Å²) in [6, 6.07) is 0. The molecule has 1 atom stereocenters. The van der Waals surface area contributed by atoms with Gasteiger partial charge >= 0.3 is 11.9 Å². The highest BCUT2D eigenvalue weighted by Gasteiger charge is 2.33. The number of carboxylic acid groups (broad SMARTS) is 1. The molecule has 0 rings (SSSR count). The van der Waals surface area contributed by atoms with E-state index in [9.17, 15) is 22.8 Å². The van der Waals surface area contributed by atoms with Crippen LogP contribution in [0.15, 0.2) is 0 Å². The van der Waals surface area contributed by atoms with Gasteiger partial charge in [-0.05, 0) is 6.42 Å². The second-order valence-electron chi connectivity index (χ2n) is 7.40. The molecule has 0 radical (unpaired) electrons. The van der Waals surface area contributed by atoms with E-state index in [4.69, 9.17) is 9.66 Å². The van der Waals surface area contributed by atoms with Crippen molar-refractivity contribution in [2.45, 2.75) is 95.6 Å². The molecular formula is C20H37NO8S. The van der Waals surface area contributed by atoms with E-state index in [-0.39, 0.29) is 19.1 Å². The number of aliphatic carboxylic acids is 1. The summed E-state index contributed by atoms with van der Waals surface area (Å²) in [5.74, 6) is -3.09. The Balaban J connectivity index is 3.64. The predicted octanol–water partition coefficient (Wildman–Crippen LogP) is 3.08. The topological polar surface area (TPSA) is 147 Å². The molecule has 30 heavy (non-hydrogen) atoms. The van der Waals surface area contributed by atoms with Crippen LogP contribution in [0.5, 0.6) is 0 Å². The second kappa shape index (κ2) is 17.0. The van der Waals surface area contributed by atoms with E-state index in [1.165, 1.54) is 51.4 Å². The van der Waals surface area contributed by atoms with E-state index < -0.39 is 33.7 Å². The zero-order valence-corrected chi connectivity index (χ0v) is 18.8.